The zero-order valence-electron chi connectivity index (χ0n) is 12.7. The van der Waals surface area contributed by atoms with Crippen LogP contribution < -0.4 is 15.4 Å². The second-order valence-electron chi connectivity index (χ2n) is 5.59. The second kappa shape index (κ2) is 7.26. The molecule has 120 valence electrons. The standard InChI is InChI=1S/C18H20N2O3/c21-14-10-16(19-12-14)18(22)20-11-13-6-4-5-9-17(13)23-15-7-2-1-3-8-15/h1-9,14,16,19,21H,10-12H2,(H,20,22). The molecule has 1 aliphatic rings. The molecule has 2 atom stereocenters. The predicted octanol–water partition coefficient (Wildman–Crippen LogP) is 1.82. The van der Waals surface area contributed by atoms with Crippen molar-refractivity contribution in [1.82, 2.24) is 10.6 Å². The number of ether oxygens (including phenoxy) is 1. The lowest BCUT2D eigenvalue weighted by Crippen LogP contribution is -2.40. The van der Waals surface area contributed by atoms with Crippen LogP contribution in [0, 0.1) is 0 Å². The van der Waals surface area contributed by atoms with Gasteiger partial charge in [-0.15, -0.1) is 0 Å². The van der Waals surface area contributed by atoms with Crippen molar-refractivity contribution in [2.24, 2.45) is 0 Å². The van der Waals surface area contributed by atoms with Crippen molar-refractivity contribution in [3.05, 3.63) is 60.2 Å². The zero-order chi connectivity index (χ0) is 16.1. The topological polar surface area (TPSA) is 70.6 Å². The van der Waals surface area contributed by atoms with Gasteiger partial charge >= 0.3 is 0 Å². The first kappa shape index (κ1) is 15.5. The Bertz CT molecular complexity index is 660. The first-order valence-corrected chi connectivity index (χ1v) is 7.72. The maximum absolute atomic E-state index is 12.1. The number of amides is 1. The third kappa shape index (κ3) is 4.09. The van der Waals surface area contributed by atoms with Crippen molar-refractivity contribution in [1.29, 1.82) is 0 Å². The average molecular weight is 312 g/mol. The third-order valence-corrected chi connectivity index (χ3v) is 3.82. The highest BCUT2D eigenvalue weighted by molar-refractivity contribution is 5.82. The molecule has 1 fully saturated rings. The van der Waals surface area contributed by atoms with Gasteiger partial charge in [-0.05, 0) is 24.6 Å². The Kier molecular flexibility index (Phi) is 4.90. The van der Waals surface area contributed by atoms with Gasteiger partial charge in [-0.2, -0.15) is 0 Å². The van der Waals surface area contributed by atoms with Crippen molar-refractivity contribution in [3.8, 4) is 11.5 Å². The van der Waals surface area contributed by atoms with Gasteiger partial charge in [0.1, 0.15) is 11.5 Å². The van der Waals surface area contributed by atoms with Crippen LogP contribution in [0.25, 0.3) is 0 Å². The van der Waals surface area contributed by atoms with Crippen molar-refractivity contribution in [3.63, 3.8) is 0 Å². The molecular weight excluding hydrogens is 292 g/mol. The number of hydrogen-bond donors (Lipinski definition) is 3. The summed E-state index contributed by atoms with van der Waals surface area (Å²) in [6.45, 7) is 0.849. The van der Waals surface area contributed by atoms with Crippen molar-refractivity contribution in [2.75, 3.05) is 6.54 Å². The monoisotopic (exact) mass is 312 g/mol. The van der Waals surface area contributed by atoms with Gasteiger partial charge in [0, 0.05) is 18.7 Å². The molecule has 23 heavy (non-hydrogen) atoms. The van der Waals surface area contributed by atoms with Crippen LogP contribution in [-0.2, 0) is 11.3 Å². The average Bonchev–Trinajstić information content (AvgIpc) is 3.01. The second-order valence-corrected chi connectivity index (χ2v) is 5.59. The predicted molar refractivity (Wildman–Crippen MR) is 87.2 cm³/mol. The van der Waals surface area contributed by atoms with E-state index in [4.69, 9.17) is 4.74 Å². The number of benzene rings is 2. The van der Waals surface area contributed by atoms with Crippen LogP contribution >= 0.6 is 0 Å². The summed E-state index contributed by atoms with van der Waals surface area (Å²) in [6, 6.07) is 16.8. The fraction of sp³-hybridized carbons (Fsp3) is 0.278. The van der Waals surface area contributed by atoms with Crippen LogP contribution in [0.5, 0.6) is 11.5 Å². The fourth-order valence-electron chi connectivity index (χ4n) is 2.59. The smallest absolute Gasteiger partial charge is 0.237 e. The summed E-state index contributed by atoms with van der Waals surface area (Å²) in [5.74, 6) is 1.38. The van der Waals surface area contributed by atoms with E-state index in [2.05, 4.69) is 10.6 Å². The molecule has 1 amide bonds. The number of rotatable bonds is 5. The molecule has 0 spiro atoms. The molecule has 0 aromatic heterocycles. The van der Waals surface area contributed by atoms with Crippen molar-refractivity contribution >= 4 is 5.91 Å². The van der Waals surface area contributed by atoms with Crippen molar-refractivity contribution in [2.45, 2.75) is 25.1 Å². The van der Waals surface area contributed by atoms with Crippen LogP contribution in [0.3, 0.4) is 0 Å². The maximum atomic E-state index is 12.1. The van der Waals surface area contributed by atoms with E-state index in [0.29, 0.717) is 19.5 Å². The van der Waals surface area contributed by atoms with Gasteiger partial charge in [0.25, 0.3) is 0 Å². The van der Waals surface area contributed by atoms with Crippen LogP contribution in [0.1, 0.15) is 12.0 Å². The van der Waals surface area contributed by atoms with Crippen LogP contribution in [-0.4, -0.2) is 29.7 Å². The molecule has 2 unspecified atom stereocenters. The number of aliphatic hydroxyl groups is 1. The summed E-state index contributed by atoms with van der Waals surface area (Å²) in [5.41, 5.74) is 0.906. The van der Waals surface area contributed by atoms with E-state index >= 15 is 0 Å². The fourth-order valence-corrected chi connectivity index (χ4v) is 2.59. The Morgan fingerprint density at radius 3 is 2.65 bits per heavy atom. The van der Waals surface area contributed by atoms with Gasteiger partial charge in [0.05, 0.1) is 12.1 Å². The molecule has 2 aromatic rings. The number of hydrogen-bond acceptors (Lipinski definition) is 4. The lowest BCUT2D eigenvalue weighted by Gasteiger charge is -2.14. The highest BCUT2D eigenvalue weighted by atomic mass is 16.5. The lowest BCUT2D eigenvalue weighted by molar-refractivity contribution is -0.123. The Balaban J connectivity index is 1.63. The van der Waals surface area contributed by atoms with Gasteiger partial charge in [0.15, 0.2) is 0 Å². The first-order chi connectivity index (χ1) is 11.2. The minimum absolute atomic E-state index is 0.101. The Hall–Kier alpha value is -2.37. The molecule has 0 bridgehead atoms. The number of para-hydroxylation sites is 2. The van der Waals surface area contributed by atoms with Gasteiger partial charge in [-0.25, -0.2) is 0 Å². The van der Waals surface area contributed by atoms with Gasteiger partial charge in [-0.3, -0.25) is 4.79 Å². The van der Waals surface area contributed by atoms with E-state index in [0.717, 1.165) is 17.1 Å². The van der Waals surface area contributed by atoms with E-state index < -0.39 is 6.10 Å². The minimum Gasteiger partial charge on any atom is -0.457 e. The molecule has 1 heterocycles. The molecule has 1 saturated heterocycles. The molecule has 1 aliphatic heterocycles. The maximum Gasteiger partial charge on any atom is 0.237 e. The Labute approximate surface area is 135 Å². The van der Waals surface area contributed by atoms with Crippen LogP contribution in [0.2, 0.25) is 0 Å². The molecular formula is C18H20N2O3. The molecule has 5 nitrogen and oxygen atoms in total. The molecule has 5 heteroatoms. The SMILES string of the molecule is O=C(NCc1ccccc1Oc1ccccc1)C1CC(O)CN1. The zero-order valence-corrected chi connectivity index (χ0v) is 12.7. The summed E-state index contributed by atoms with van der Waals surface area (Å²) < 4.78 is 5.88. The highest BCUT2D eigenvalue weighted by Gasteiger charge is 2.27. The van der Waals surface area contributed by atoms with E-state index in [9.17, 15) is 9.90 Å². The van der Waals surface area contributed by atoms with Crippen LogP contribution in [0.4, 0.5) is 0 Å². The number of nitrogens with one attached hydrogen (secondary N) is 2. The van der Waals surface area contributed by atoms with E-state index in [1.807, 2.05) is 54.6 Å². The molecule has 3 rings (SSSR count). The summed E-state index contributed by atoms with van der Waals surface area (Å²) >= 11 is 0. The highest BCUT2D eigenvalue weighted by Crippen LogP contribution is 2.24. The Morgan fingerprint density at radius 1 is 1.17 bits per heavy atom. The van der Waals surface area contributed by atoms with E-state index in [-0.39, 0.29) is 11.9 Å². The molecule has 3 N–H and O–H groups in total. The minimum atomic E-state index is -0.445. The largest absolute Gasteiger partial charge is 0.457 e. The van der Waals surface area contributed by atoms with E-state index in [1.54, 1.807) is 0 Å². The Morgan fingerprint density at radius 2 is 1.91 bits per heavy atom. The third-order valence-electron chi connectivity index (χ3n) is 3.82. The molecule has 0 radical (unpaired) electrons. The molecule has 0 aliphatic carbocycles. The summed E-state index contributed by atoms with van der Waals surface area (Å²) in [4.78, 5) is 12.1. The van der Waals surface area contributed by atoms with Gasteiger partial charge < -0.3 is 20.5 Å². The lowest BCUT2D eigenvalue weighted by atomic mass is 10.1. The summed E-state index contributed by atoms with van der Waals surface area (Å²) in [7, 11) is 0. The number of carbonyl (C=O) groups excluding carboxylic acids is 1. The first-order valence-electron chi connectivity index (χ1n) is 7.72. The van der Waals surface area contributed by atoms with Gasteiger partial charge in [0.2, 0.25) is 5.91 Å². The molecule has 2 aromatic carbocycles. The number of β-amino-alcohol motifs (C(OH)–C–C–N with tert-alkyl or cyclic N) is 1. The van der Waals surface area contributed by atoms with E-state index in [1.165, 1.54) is 0 Å². The summed E-state index contributed by atoms with van der Waals surface area (Å²) in [5, 5.41) is 15.4. The number of aliphatic hydroxyl groups excluding tert-OH is 1. The molecule has 0 saturated carbocycles. The normalized spacial score (nSPS) is 20.2. The summed E-state index contributed by atoms with van der Waals surface area (Å²) in [6.07, 6.45) is 0.00742. The number of carbonyl (C=O) groups is 1. The quantitative estimate of drug-likeness (QED) is 0.787. The van der Waals surface area contributed by atoms with Crippen LogP contribution in [0.15, 0.2) is 54.6 Å². The van der Waals surface area contributed by atoms with Crippen molar-refractivity contribution < 1.29 is 14.6 Å². The van der Waals surface area contributed by atoms with Gasteiger partial charge in [-0.1, -0.05) is 36.4 Å².